The van der Waals surface area contributed by atoms with Crippen molar-refractivity contribution in [3.05, 3.63) is 83.9 Å². The molecule has 1 amide bonds. The van der Waals surface area contributed by atoms with E-state index in [4.69, 9.17) is 39.8 Å². The molecule has 1 aliphatic rings. The largest absolute Gasteiger partial charge is 0.272 e. The number of aromatic nitrogens is 2. The number of halogens is 3. The normalized spacial score (nSPS) is 13.0. The van der Waals surface area contributed by atoms with Gasteiger partial charge in [0.15, 0.2) is 5.16 Å². The van der Waals surface area contributed by atoms with Crippen molar-refractivity contribution in [1.82, 2.24) is 15.0 Å². The van der Waals surface area contributed by atoms with Crippen molar-refractivity contribution in [2.24, 2.45) is 5.10 Å². The molecule has 11 heteroatoms. The van der Waals surface area contributed by atoms with E-state index in [0.29, 0.717) is 41.7 Å². The van der Waals surface area contributed by atoms with Crippen LogP contribution in [0.15, 0.2) is 57.5 Å². The molecule has 0 radical (unpaired) electrons. The van der Waals surface area contributed by atoms with Crippen LogP contribution in [0.1, 0.15) is 22.4 Å². The summed E-state index contributed by atoms with van der Waals surface area (Å²) in [5.74, 6) is -0.357. The number of carbonyl (C=O) groups excluding carboxylic acids is 1. The Morgan fingerprint density at radius 1 is 1.14 bits per heavy atom. The lowest BCUT2D eigenvalue weighted by Gasteiger charge is -2.12. The number of hydrogen-bond acceptors (Lipinski definition) is 6. The van der Waals surface area contributed by atoms with Crippen molar-refractivity contribution in [3.63, 3.8) is 0 Å². The third-order valence-corrected chi connectivity index (χ3v) is 8.54. The summed E-state index contributed by atoms with van der Waals surface area (Å²) < 4.78 is 1.55. The first-order chi connectivity index (χ1) is 16.9. The Morgan fingerprint density at radius 3 is 2.63 bits per heavy atom. The summed E-state index contributed by atoms with van der Waals surface area (Å²) in [7, 11) is 0. The van der Waals surface area contributed by atoms with Crippen LogP contribution in [0.3, 0.4) is 0 Å². The van der Waals surface area contributed by atoms with E-state index in [0.717, 1.165) is 36.6 Å². The maximum absolute atomic E-state index is 13.6. The van der Waals surface area contributed by atoms with Crippen molar-refractivity contribution >= 4 is 80.2 Å². The van der Waals surface area contributed by atoms with E-state index in [1.165, 1.54) is 11.1 Å². The van der Waals surface area contributed by atoms with Gasteiger partial charge in [0, 0.05) is 15.5 Å². The molecule has 2 heterocycles. The van der Waals surface area contributed by atoms with Crippen LogP contribution in [0.2, 0.25) is 15.1 Å². The maximum Gasteiger partial charge on any atom is 0.267 e. The first kappa shape index (κ1) is 24.3. The SMILES string of the molecule is O=C(CSc1nc2sc3c(c2c(=O)n1-c1ccc(Cl)cc1)CCC3)NN=Cc1c(Cl)cccc1Cl. The van der Waals surface area contributed by atoms with Gasteiger partial charge in [-0.1, -0.05) is 52.6 Å². The predicted molar refractivity (Wildman–Crippen MR) is 145 cm³/mol. The zero-order valence-corrected chi connectivity index (χ0v) is 22.0. The van der Waals surface area contributed by atoms with Gasteiger partial charge in [-0.15, -0.1) is 11.3 Å². The molecule has 1 N–H and O–H groups in total. The minimum Gasteiger partial charge on any atom is -0.272 e. The minimum atomic E-state index is -0.361. The lowest BCUT2D eigenvalue weighted by atomic mass is 10.2. The molecule has 1 aliphatic carbocycles. The highest BCUT2D eigenvalue weighted by Crippen LogP contribution is 2.36. The molecule has 6 nitrogen and oxygen atoms in total. The summed E-state index contributed by atoms with van der Waals surface area (Å²) in [5.41, 5.74) is 4.59. The Morgan fingerprint density at radius 2 is 1.89 bits per heavy atom. The lowest BCUT2D eigenvalue weighted by molar-refractivity contribution is -0.118. The summed E-state index contributed by atoms with van der Waals surface area (Å²) in [6, 6.07) is 12.1. The highest BCUT2D eigenvalue weighted by molar-refractivity contribution is 7.99. The van der Waals surface area contributed by atoms with E-state index >= 15 is 0 Å². The summed E-state index contributed by atoms with van der Waals surface area (Å²) >= 11 is 21.0. The Balaban J connectivity index is 1.42. The quantitative estimate of drug-likeness (QED) is 0.132. The van der Waals surface area contributed by atoms with Gasteiger partial charge in [-0.2, -0.15) is 5.10 Å². The van der Waals surface area contributed by atoms with Crippen molar-refractivity contribution in [1.29, 1.82) is 0 Å². The van der Waals surface area contributed by atoms with Crippen LogP contribution in [-0.4, -0.2) is 27.4 Å². The molecule has 0 fully saturated rings. The fourth-order valence-electron chi connectivity index (χ4n) is 3.90. The molecule has 2 aromatic heterocycles. The number of amides is 1. The van der Waals surface area contributed by atoms with Crippen molar-refractivity contribution < 1.29 is 4.79 Å². The van der Waals surface area contributed by atoms with E-state index in [1.54, 1.807) is 58.4 Å². The zero-order valence-electron chi connectivity index (χ0n) is 18.1. The van der Waals surface area contributed by atoms with Gasteiger partial charge in [-0.3, -0.25) is 14.2 Å². The van der Waals surface area contributed by atoms with Gasteiger partial charge < -0.3 is 0 Å². The molecule has 0 saturated carbocycles. The Labute approximate surface area is 223 Å². The van der Waals surface area contributed by atoms with E-state index < -0.39 is 0 Å². The van der Waals surface area contributed by atoms with E-state index in [1.807, 2.05) is 0 Å². The number of hydrogen-bond donors (Lipinski definition) is 1. The molecular weight excluding hydrogens is 547 g/mol. The highest BCUT2D eigenvalue weighted by atomic mass is 35.5. The molecule has 0 aliphatic heterocycles. The molecule has 5 rings (SSSR count). The van der Waals surface area contributed by atoms with Gasteiger partial charge in [0.25, 0.3) is 11.5 Å². The third kappa shape index (κ3) is 4.99. The highest BCUT2D eigenvalue weighted by Gasteiger charge is 2.24. The van der Waals surface area contributed by atoms with Gasteiger partial charge in [0.2, 0.25) is 0 Å². The van der Waals surface area contributed by atoms with Gasteiger partial charge >= 0.3 is 0 Å². The molecule has 0 bridgehead atoms. The number of rotatable bonds is 6. The predicted octanol–water partition coefficient (Wildman–Crippen LogP) is 6.14. The average molecular weight is 564 g/mol. The van der Waals surface area contributed by atoms with Crippen LogP contribution in [0.4, 0.5) is 0 Å². The molecular formula is C24H17Cl3N4O2S2. The van der Waals surface area contributed by atoms with Crippen molar-refractivity contribution in [2.45, 2.75) is 24.4 Å². The second-order valence-electron chi connectivity index (χ2n) is 7.77. The molecule has 0 saturated heterocycles. The molecule has 35 heavy (non-hydrogen) atoms. The molecule has 178 valence electrons. The second kappa shape index (κ2) is 10.3. The van der Waals surface area contributed by atoms with Crippen molar-refractivity contribution in [3.8, 4) is 5.69 Å². The number of aryl methyl sites for hydroxylation is 2. The summed E-state index contributed by atoms with van der Waals surface area (Å²) in [5, 5.41) is 6.48. The molecule has 0 atom stereocenters. The average Bonchev–Trinajstić information content (AvgIpc) is 3.41. The first-order valence-corrected chi connectivity index (χ1v) is 13.6. The monoisotopic (exact) mass is 562 g/mol. The van der Waals surface area contributed by atoms with Gasteiger partial charge in [-0.25, -0.2) is 10.4 Å². The molecule has 0 spiro atoms. The number of nitrogens with one attached hydrogen (secondary N) is 1. The fraction of sp³-hybridized carbons (Fsp3) is 0.167. The van der Waals surface area contributed by atoms with Gasteiger partial charge in [0.05, 0.1) is 33.1 Å². The molecule has 0 unspecified atom stereocenters. The fourth-order valence-corrected chi connectivity index (χ4v) is 6.63. The minimum absolute atomic E-state index is 0.00419. The number of carbonyl (C=O) groups is 1. The zero-order chi connectivity index (χ0) is 24.5. The maximum atomic E-state index is 13.6. The second-order valence-corrected chi connectivity index (χ2v) is 11.0. The summed E-state index contributed by atoms with van der Waals surface area (Å²) in [6.45, 7) is 0. The van der Waals surface area contributed by atoms with E-state index in [2.05, 4.69) is 10.5 Å². The third-order valence-electron chi connectivity index (χ3n) is 5.51. The van der Waals surface area contributed by atoms with Crippen LogP contribution in [-0.2, 0) is 17.6 Å². The standard InChI is InChI=1S/C24H17Cl3N4O2S2/c25-13-7-9-14(10-8-13)31-23(33)21-15-3-1-6-19(15)35-22(21)29-24(31)34-12-20(32)30-28-11-16-17(26)4-2-5-18(16)27/h2,4-5,7-11H,1,3,6,12H2,(H,30,32). The van der Waals surface area contributed by atoms with Crippen molar-refractivity contribution in [2.75, 3.05) is 5.75 Å². The number of thioether (sulfide) groups is 1. The van der Waals surface area contributed by atoms with E-state index in [9.17, 15) is 9.59 Å². The summed E-state index contributed by atoms with van der Waals surface area (Å²) in [4.78, 5) is 32.8. The number of benzene rings is 2. The number of thiophene rings is 1. The Hall–Kier alpha value is -2.36. The van der Waals surface area contributed by atoms with Crippen LogP contribution < -0.4 is 11.0 Å². The lowest BCUT2D eigenvalue weighted by Crippen LogP contribution is -2.24. The Kier molecular flexibility index (Phi) is 7.18. The smallest absolute Gasteiger partial charge is 0.267 e. The number of hydrazone groups is 1. The number of nitrogens with zero attached hydrogens (tertiary/aromatic N) is 3. The van der Waals surface area contributed by atoms with Crippen LogP contribution >= 0.6 is 57.9 Å². The first-order valence-electron chi connectivity index (χ1n) is 10.6. The van der Waals surface area contributed by atoms with Crippen LogP contribution in [0.5, 0.6) is 0 Å². The van der Waals surface area contributed by atoms with Gasteiger partial charge in [-0.05, 0) is 61.2 Å². The number of fused-ring (bicyclic) bond motifs is 3. The van der Waals surface area contributed by atoms with Gasteiger partial charge in [0.1, 0.15) is 4.83 Å². The van der Waals surface area contributed by atoms with E-state index in [-0.39, 0.29) is 17.2 Å². The summed E-state index contributed by atoms with van der Waals surface area (Å²) in [6.07, 6.45) is 4.30. The topological polar surface area (TPSA) is 76.3 Å². The van der Waals surface area contributed by atoms with Crippen LogP contribution in [0, 0.1) is 0 Å². The molecule has 4 aromatic rings. The van der Waals surface area contributed by atoms with Crippen LogP contribution in [0.25, 0.3) is 15.9 Å². The molecule has 2 aromatic carbocycles. The Bertz CT molecular complexity index is 1510.